The summed E-state index contributed by atoms with van der Waals surface area (Å²) in [6, 6.07) is 0. The molecule has 0 amide bonds. The largest absolute Gasteiger partial charge is 0.314 e. The zero-order chi connectivity index (χ0) is 14.5. The number of hydrogen-bond acceptors (Lipinski definition) is 2. The molecule has 1 N–H and O–H groups in total. The Morgan fingerprint density at radius 2 is 1.35 bits per heavy atom. The van der Waals surface area contributed by atoms with Crippen LogP contribution in [0, 0.1) is 5.92 Å². The zero-order valence-corrected chi connectivity index (χ0v) is 14.1. The lowest BCUT2D eigenvalue weighted by molar-refractivity contribution is 0.228. The van der Waals surface area contributed by atoms with Crippen LogP contribution in [0.2, 0.25) is 0 Å². The Hall–Kier alpha value is -0.0800. The van der Waals surface area contributed by atoms with E-state index in [1.54, 1.807) is 0 Å². The number of nitrogens with one attached hydrogen (secondary N) is 1. The first-order chi connectivity index (χ1) is 9.86. The van der Waals surface area contributed by atoms with Crippen molar-refractivity contribution in [3.63, 3.8) is 0 Å². The maximum atomic E-state index is 3.44. The average molecular weight is 283 g/mol. The van der Waals surface area contributed by atoms with Crippen molar-refractivity contribution in [1.29, 1.82) is 0 Å². The summed E-state index contributed by atoms with van der Waals surface area (Å²) in [5, 5.41) is 3.44. The summed E-state index contributed by atoms with van der Waals surface area (Å²) in [4.78, 5) is 2.64. The van der Waals surface area contributed by atoms with E-state index in [4.69, 9.17) is 0 Å². The van der Waals surface area contributed by atoms with E-state index in [2.05, 4.69) is 24.1 Å². The van der Waals surface area contributed by atoms with E-state index in [1.807, 2.05) is 0 Å². The fourth-order valence-corrected chi connectivity index (χ4v) is 3.34. The third kappa shape index (κ3) is 8.97. The van der Waals surface area contributed by atoms with E-state index in [9.17, 15) is 0 Å². The average Bonchev–Trinajstić information content (AvgIpc) is 2.48. The van der Waals surface area contributed by atoms with E-state index >= 15 is 0 Å². The molecule has 1 aliphatic heterocycles. The van der Waals surface area contributed by atoms with Crippen molar-refractivity contribution in [2.24, 2.45) is 5.92 Å². The highest BCUT2D eigenvalue weighted by atomic mass is 15.2. The molecule has 2 nitrogen and oxygen atoms in total. The van der Waals surface area contributed by atoms with Crippen LogP contribution in [-0.4, -0.2) is 37.6 Å². The van der Waals surface area contributed by atoms with Crippen molar-refractivity contribution >= 4 is 0 Å². The fourth-order valence-electron chi connectivity index (χ4n) is 3.34. The Labute approximate surface area is 127 Å². The predicted molar refractivity (Wildman–Crippen MR) is 90.3 cm³/mol. The lowest BCUT2D eigenvalue weighted by Gasteiger charge is -2.27. The second-order valence-corrected chi connectivity index (χ2v) is 6.59. The minimum absolute atomic E-state index is 1.01. The third-order valence-corrected chi connectivity index (χ3v) is 4.73. The van der Waals surface area contributed by atoms with Crippen molar-refractivity contribution in [1.82, 2.24) is 10.2 Å². The normalized spacial score (nSPS) is 16.9. The highest BCUT2D eigenvalue weighted by Gasteiger charge is 2.12. The molecule has 0 aromatic rings. The van der Waals surface area contributed by atoms with Gasteiger partial charge in [-0.25, -0.2) is 0 Å². The predicted octanol–water partition coefficient (Wildman–Crippen LogP) is 4.45. The smallest absolute Gasteiger partial charge is 0.0107 e. The fraction of sp³-hybridized carbons (Fsp3) is 1.00. The molecule has 0 radical (unpaired) electrons. The van der Waals surface area contributed by atoms with Gasteiger partial charge in [-0.3, -0.25) is 0 Å². The van der Waals surface area contributed by atoms with E-state index < -0.39 is 0 Å². The first-order valence-electron chi connectivity index (χ1n) is 9.29. The molecule has 0 aliphatic carbocycles. The van der Waals surface area contributed by atoms with Gasteiger partial charge in [-0.05, 0) is 25.3 Å². The van der Waals surface area contributed by atoms with Gasteiger partial charge in [-0.2, -0.15) is 0 Å². The summed E-state index contributed by atoms with van der Waals surface area (Å²) in [6.07, 6.45) is 14.4. The molecule has 0 saturated carbocycles. The first-order valence-corrected chi connectivity index (χ1v) is 9.29. The van der Waals surface area contributed by atoms with Gasteiger partial charge in [0, 0.05) is 26.2 Å². The third-order valence-electron chi connectivity index (χ3n) is 4.73. The monoisotopic (exact) mass is 282 g/mol. The van der Waals surface area contributed by atoms with Gasteiger partial charge < -0.3 is 10.2 Å². The number of unbranched alkanes of at least 4 members (excludes halogenated alkanes) is 4. The van der Waals surface area contributed by atoms with Crippen LogP contribution in [0.4, 0.5) is 0 Å². The number of nitrogens with zero attached hydrogens (tertiary/aromatic N) is 1. The van der Waals surface area contributed by atoms with Crippen LogP contribution >= 0.6 is 0 Å². The molecule has 1 aliphatic rings. The zero-order valence-electron chi connectivity index (χ0n) is 14.1. The van der Waals surface area contributed by atoms with E-state index in [-0.39, 0.29) is 0 Å². The van der Waals surface area contributed by atoms with Crippen LogP contribution in [0.5, 0.6) is 0 Å². The molecule has 0 bridgehead atoms. The molecule has 1 fully saturated rings. The van der Waals surface area contributed by atoms with E-state index in [0.717, 1.165) is 5.92 Å². The maximum Gasteiger partial charge on any atom is 0.0107 e. The summed E-state index contributed by atoms with van der Waals surface area (Å²) in [7, 11) is 0. The van der Waals surface area contributed by atoms with Crippen LogP contribution in [0.3, 0.4) is 0 Å². The van der Waals surface area contributed by atoms with Gasteiger partial charge in [-0.15, -0.1) is 0 Å². The number of hydrogen-bond donors (Lipinski definition) is 1. The molecule has 1 rings (SSSR count). The molecule has 0 atom stereocenters. The number of piperazine rings is 1. The summed E-state index contributed by atoms with van der Waals surface area (Å²) in [5.74, 6) is 1.01. The molecule has 0 unspecified atom stereocenters. The van der Waals surface area contributed by atoms with Crippen molar-refractivity contribution in [3.05, 3.63) is 0 Å². The molecule has 0 aromatic carbocycles. The second kappa shape index (κ2) is 12.6. The minimum atomic E-state index is 1.01. The molecule has 1 saturated heterocycles. The minimum Gasteiger partial charge on any atom is -0.314 e. The van der Waals surface area contributed by atoms with Crippen LogP contribution in [0.15, 0.2) is 0 Å². The molecular formula is C18H38N2. The summed E-state index contributed by atoms with van der Waals surface area (Å²) in [6.45, 7) is 10.9. The molecule has 120 valence electrons. The van der Waals surface area contributed by atoms with Crippen molar-refractivity contribution in [3.8, 4) is 0 Å². The Balaban J connectivity index is 2.12. The molecule has 0 aromatic heterocycles. The van der Waals surface area contributed by atoms with Crippen LogP contribution < -0.4 is 5.32 Å². The standard InChI is InChI=1S/C18H38N2/c1-3-5-7-10-18(11-8-6-4-2)12-9-15-20-16-13-19-14-17-20/h18-19H,3-17H2,1-2H3. The van der Waals surface area contributed by atoms with Crippen molar-refractivity contribution in [2.45, 2.75) is 78.1 Å². The van der Waals surface area contributed by atoms with Gasteiger partial charge in [0.25, 0.3) is 0 Å². The van der Waals surface area contributed by atoms with Crippen LogP contribution in [0.1, 0.15) is 78.1 Å². The summed E-state index contributed by atoms with van der Waals surface area (Å²) >= 11 is 0. The van der Waals surface area contributed by atoms with Gasteiger partial charge in [0.2, 0.25) is 0 Å². The van der Waals surface area contributed by atoms with E-state index in [1.165, 1.54) is 96.9 Å². The molecule has 1 heterocycles. The topological polar surface area (TPSA) is 15.3 Å². The highest BCUT2D eigenvalue weighted by Crippen LogP contribution is 2.22. The molecule has 2 heteroatoms. The van der Waals surface area contributed by atoms with Crippen molar-refractivity contribution in [2.75, 3.05) is 32.7 Å². The van der Waals surface area contributed by atoms with Gasteiger partial charge in [0.15, 0.2) is 0 Å². The van der Waals surface area contributed by atoms with Gasteiger partial charge >= 0.3 is 0 Å². The molecular weight excluding hydrogens is 244 g/mol. The lowest BCUT2D eigenvalue weighted by Crippen LogP contribution is -2.43. The summed E-state index contributed by atoms with van der Waals surface area (Å²) in [5.41, 5.74) is 0. The molecule has 0 spiro atoms. The second-order valence-electron chi connectivity index (χ2n) is 6.59. The Bertz CT molecular complexity index is 190. The van der Waals surface area contributed by atoms with Gasteiger partial charge in [0.1, 0.15) is 0 Å². The maximum absolute atomic E-state index is 3.44. The quantitative estimate of drug-likeness (QED) is 0.532. The Kier molecular flexibility index (Phi) is 11.4. The van der Waals surface area contributed by atoms with E-state index in [0.29, 0.717) is 0 Å². The van der Waals surface area contributed by atoms with Crippen molar-refractivity contribution < 1.29 is 0 Å². The van der Waals surface area contributed by atoms with Crippen LogP contribution in [0.25, 0.3) is 0 Å². The first kappa shape index (κ1) is 18.0. The lowest BCUT2D eigenvalue weighted by atomic mass is 9.91. The van der Waals surface area contributed by atoms with Gasteiger partial charge in [-0.1, -0.05) is 65.2 Å². The Morgan fingerprint density at radius 3 is 1.90 bits per heavy atom. The number of rotatable bonds is 12. The SMILES string of the molecule is CCCCCC(CCCCC)CCCN1CCNCC1. The molecule has 20 heavy (non-hydrogen) atoms. The van der Waals surface area contributed by atoms with Gasteiger partial charge in [0.05, 0.1) is 0 Å². The Morgan fingerprint density at radius 1 is 0.800 bits per heavy atom. The van der Waals surface area contributed by atoms with Crippen LogP contribution in [-0.2, 0) is 0 Å². The summed E-state index contributed by atoms with van der Waals surface area (Å²) < 4.78 is 0. The highest BCUT2D eigenvalue weighted by molar-refractivity contribution is 4.69.